The van der Waals surface area contributed by atoms with Crippen molar-refractivity contribution in [3.8, 4) is 0 Å². The van der Waals surface area contributed by atoms with Gasteiger partial charge in [0.25, 0.3) is 0 Å². The molecule has 3 heteroatoms. The van der Waals surface area contributed by atoms with Crippen LogP contribution in [0.5, 0.6) is 0 Å². The number of aromatic nitrogens is 2. The maximum atomic E-state index is 7.21. The Bertz CT molecular complexity index is 364. The van der Waals surface area contributed by atoms with Gasteiger partial charge in [0.1, 0.15) is 5.65 Å². The predicted octanol–water partition coefficient (Wildman–Crippen LogP) is 1.12. The molecule has 2 rings (SSSR count). The zero-order valence-electron chi connectivity index (χ0n) is 5.99. The third-order valence-electron chi connectivity index (χ3n) is 1.69. The minimum absolute atomic E-state index is 0.293. The Balaban J connectivity index is 2.79. The molecule has 1 N–H and O–H groups in total. The zero-order chi connectivity index (χ0) is 7.68. The molecule has 0 saturated heterocycles. The molecule has 55 valence electrons. The van der Waals surface area contributed by atoms with Crippen molar-refractivity contribution in [3.05, 3.63) is 36.3 Å². The maximum Gasteiger partial charge on any atom is 0.141 e. The highest BCUT2D eigenvalue weighted by atomic mass is 15.0. The number of hydrogen-bond donors (Lipinski definition) is 0. The van der Waals surface area contributed by atoms with E-state index >= 15 is 0 Å². The Kier molecular flexibility index (Phi) is 1.36. The fourth-order valence-electron chi connectivity index (χ4n) is 1.15. The summed E-state index contributed by atoms with van der Waals surface area (Å²) in [5.41, 5.74) is 9.07. The van der Waals surface area contributed by atoms with E-state index in [1.54, 1.807) is 6.20 Å². The number of pyridine rings is 1. The number of nitrogens with zero attached hydrogens (tertiary/aromatic N) is 2. The van der Waals surface area contributed by atoms with Crippen LogP contribution >= 0.6 is 0 Å². The van der Waals surface area contributed by atoms with Crippen LogP contribution in [0.3, 0.4) is 0 Å². The average molecular weight is 146 g/mol. The molecule has 0 atom stereocenters. The fourth-order valence-corrected chi connectivity index (χ4v) is 1.15. The molecular weight excluding hydrogens is 138 g/mol. The highest BCUT2D eigenvalue weighted by molar-refractivity contribution is 5.47. The van der Waals surface area contributed by atoms with Crippen molar-refractivity contribution >= 4 is 5.65 Å². The Morgan fingerprint density at radius 3 is 3.18 bits per heavy atom. The van der Waals surface area contributed by atoms with E-state index < -0.39 is 0 Å². The normalized spacial score (nSPS) is 10.6. The van der Waals surface area contributed by atoms with Gasteiger partial charge in [0.2, 0.25) is 0 Å². The van der Waals surface area contributed by atoms with Crippen LogP contribution < -0.4 is 5.73 Å². The number of fused-ring (bicyclic) bond motifs is 1. The lowest BCUT2D eigenvalue weighted by molar-refractivity contribution is 1.01. The van der Waals surface area contributed by atoms with Gasteiger partial charge in [-0.05, 0) is 6.07 Å². The second-order valence-electron chi connectivity index (χ2n) is 2.37. The van der Waals surface area contributed by atoms with Gasteiger partial charge in [-0.1, -0.05) is 6.07 Å². The molecule has 0 amide bonds. The van der Waals surface area contributed by atoms with Gasteiger partial charge < -0.3 is 4.40 Å². The first-order valence-corrected chi connectivity index (χ1v) is 3.47. The van der Waals surface area contributed by atoms with E-state index in [0.29, 0.717) is 6.54 Å². The van der Waals surface area contributed by atoms with Crippen molar-refractivity contribution in [2.45, 2.75) is 6.54 Å². The summed E-state index contributed by atoms with van der Waals surface area (Å²) >= 11 is 0. The molecule has 1 radical (unpaired) electrons. The van der Waals surface area contributed by atoms with Crippen molar-refractivity contribution in [2.24, 2.45) is 0 Å². The number of imidazole rings is 1. The molecule has 0 saturated carbocycles. The summed E-state index contributed by atoms with van der Waals surface area (Å²) in [7, 11) is 0. The van der Waals surface area contributed by atoms with E-state index in [1.807, 2.05) is 28.9 Å². The van der Waals surface area contributed by atoms with E-state index in [-0.39, 0.29) is 0 Å². The lowest BCUT2D eigenvalue weighted by atomic mass is 10.3. The van der Waals surface area contributed by atoms with Crippen molar-refractivity contribution in [1.29, 1.82) is 0 Å². The molecule has 2 aromatic heterocycles. The summed E-state index contributed by atoms with van der Waals surface area (Å²) in [6, 6.07) is 3.86. The summed E-state index contributed by atoms with van der Waals surface area (Å²) < 4.78 is 1.92. The Morgan fingerprint density at radius 1 is 1.45 bits per heavy atom. The molecule has 0 aliphatic heterocycles. The van der Waals surface area contributed by atoms with Crippen molar-refractivity contribution in [3.63, 3.8) is 0 Å². The molecule has 0 aliphatic carbocycles. The molecule has 0 aliphatic rings. The molecule has 3 nitrogen and oxygen atoms in total. The molecule has 2 heterocycles. The third-order valence-corrected chi connectivity index (χ3v) is 1.69. The lowest BCUT2D eigenvalue weighted by Gasteiger charge is -1.97. The van der Waals surface area contributed by atoms with Crippen LogP contribution in [0.4, 0.5) is 0 Å². The van der Waals surface area contributed by atoms with E-state index in [0.717, 1.165) is 11.2 Å². The topological polar surface area (TPSA) is 41.1 Å². The first kappa shape index (κ1) is 6.37. The van der Waals surface area contributed by atoms with Crippen LogP contribution in [0.25, 0.3) is 5.65 Å². The largest absolute Gasteiger partial charge is 0.307 e. The highest BCUT2D eigenvalue weighted by Crippen LogP contribution is 2.06. The fraction of sp³-hybridized carbons (Fsp3) is 0.125. The van der Waals surface area contributed by atoms with Gasteiger partial charge in [0.15, 0.2) is 0 Å². The quantitative estimate of drug-likeness (QED) is 0.594. The van der Waals surface area contributed by atoms with Crippen molar-refractivity contribution in [2.75, 3.05) is 0 Å². The first-order chi connectivity index (χ1) is 5.42. The Morgan fingerprint density at radius 2 is 2.36 bits per heavy atom. The van der Waals surface area contributed by atoms with Gasteiger partial charge in [-0.2, -0.15) is 0 Å². The second-order valence-corrected chi connectivity index (χ2v) is 2.37. The van der Waals surface area contributed by atoms with E-state index in [4.69, 9.17) is 5.73 Å². The summed E-state index contributed by atoms with van der Waals surface area (Å²) in [6.45, 7) is 0.293. The van der Waals surface area contributed by atoms with Gasteiger partial charge in [0.05, 0.1) is 0 Å². The van der Waals surface area contributed by atoms with Gasteiger partial charge in [0, 0.05) is 30.7 Å². The molecule has 0 aromatic carbocycles. The molecule has 0 fully saturated rings. The summed E-state index contributed by atoms with van der Waals surface area (Å²) in [6.07, 6.45) is 5.56. The highest BCUT2D eigenvalue weighted by Gasteiger charge is 1.97. The van der Waals surface area contributed by atoms with Crippen molar-refractivity contribution < 1.29 is 0 Å². The minimum Gasteiger partial charge on any atom is -0.307 e. The van der Waals surface area contributed by atoms with Gasteiger partial charge in [-0.3, -0.25) is 5.73 Å². The van der Waals surface area contributed by atoms with Crippen LogP contribution in [0.1, 0.15) is 5.56 Å². The predicted molar refractivity (Wildman–Crippen MR) is 42.0 cm³/mol. The molecule has 0 bridgehead atoms. The van der Waals surface area contributed by atoms with Crippen LogP contribution in [-0.4, -0.2) is 9.38 Å². The number of hydrogen-bond acceptors (Lipinski definition) is 1. The molecular formula is C8H8N3. The van der Waals surface area contributed by atoms with Gasteiger partial charge in [-0.25, -0.2) is 4.98 Å². The summed E-state index contributed by atoms with van der Waals surface area (Å²) in [5, 5.41) is 0. The lowest BCUT2D eigenvalue weighted by Crippen LogP contribution is -1.91. The second kappa shape index (κ2) is 2.36. The Hall–Kier alpha value is -1.35. The van der Waals surface area contributed by atoms with Gasteiger partial charge >= 0.3 is 0 Å². The molecule has 0 unspecified atom stereocenters. The summed E-state index contributed by atoms with van der Waals surface area (Å²) in [5.74, 6) is 0. The number of rotatable bonds is 1. The number of nitrogens with one attached hydrogen (secondary N) is 1. The smallest absolute Gasteiger partial charge is 0.141 e. The monoisotopic (exact) mass is 146 g/mol. The third kappa shape index (κ3) is 0.897. The Labute approximate surface area is 64.5 Å². The van der Waals surface area contributed by atoms with Gasteiger partial charge in [-0.15, -0.1) is 0 Å². The molecule has 2 aromatic rings. The molecule has 0 spiro atoms. The maximum absolute atomic E-state index is 7.21. The van der Waals surface area contributed by atoms with E-state index in [1.165, 1.54) is 0 Å². The zero-order valence-corrected chi connectivity index (χ0v) is 5.99. The first-order valence-electron chi connectivity index (χ1n) is 3.47. The van der Waals surface area contributed by atoms with Crippen LogP contribution in [-0.2, 0) is 6.54 Å². The van der Waals surface area contributed by atoms with Crippen molar-refractivity contribution in [1.82, 2.24) is 15.1 Å². The minimum atomic E-state index is 0.293. The van der Waals surface area contributed by atoms with Crippen LogP contribution in [0, 0.1) is 0 Å². The summed E-state index contributed by atoms with van der Waals surface area (Å²) in [4.78, 5) is 4.13. The standard InChI is InChI=1S/C8H8N3/c9-6-7-2-1-4-11-5-3-10-8(7)11/h1-5,9H,6H2. The van der Waals surface area contributed by atoms with E-state index in [2.05, 4.69) is 4.98 Å². The van der Waals surface area contributed by atoms with E-state index in [9.17, 15) is 0 Å². The van der Waals surface area contributed by atoms with Crippen LogP contribution in [0.2, 0.25) is 0 Å². The average Bonchev–Trinajstić information content (AvgIpc) is 2.50. The molecule has 11 heavy (non-hydrogen) atoms. The SMILES string of the molecule is [NH]Cc1cccn2ccnc12. The van der Waals surface area contributed by atoms with Crippen LogP contribution in [0.15, 0.2) is 30.7 Å².